The summed E-state index contributed by atoms with van der Waals surface area (Å²) in [7, 11) is 0. The number of hydrogen-bond donors (Lipinski definition) is 1. The highest BCUT2D eigenvalue weighted by Crippen LogP contribution is 2.45. The molecule has 1 aromatic rings. The van der Waals surface area contributed by atoms with Gasteiger partial charge >= 0.3 is 0 Å². The second-order valence-electron chi connectivity index (χ2n) is 4.02. The van der Waals surface area contributed by atoms with Crippen molar-refractivity contribution >= 4 is 15.9 Å². The van der Waals surface area contributed by atoms with Gasteiger partial charge < -0.3 is 5.11 Å². The normalized spacial score (nSPS) is 31.8. The molecule has 1 saturated carbocycles. The zero-order chi connectivity index (χ0) is 9.47. The van der Waals surface area contributed by atoms with E-state index in [1.807, 2.05) is 12.1 Å². The van der Waals surface area contributed by atoms with Crippen LogP contribution in [-0.4, -0.2) is 10.7 Å². The lowest BCUT2D eigenvalue weighted by molar-refractivity contribution is 0.135. The van der Waals surface area contributed by atoms with Crippen LogP contribution in [0.5, 0.6) is 0 Å². The smallest absolute Gasteiger partial charge is 0.0718 e. The van der Waals surface area contributed by atoms with Crippen molar-refractivity contribution in [3.63, 3.8) is 0 Å². The van der Waals surface area contributed by atoms with Gasteiger partial charge in [0.1, 0.15) is 0 Å². The average Bonchev–Trinajstić information content (AvgIpc) is 2.58. The third-order valence-corrected chi connectivity index (χ3v) is 3.31. The van der Waals surface area contributed by atoms with Crippen LogP contribution in [-0.2, 0) is 6.42 Å². The highest BCUT2D eigenvalue weighted by molar-refractivity contribution is 9.10. The molecule has 13 heavy (non-hydrogen) atoms. The molecule has 0 radical (unpaired) electrons. The molecule has 2 unspecified atom stereocenters. The van der Waals surface area contributed by atoms with Crippen molar-refractivity contribution in [1.29, 1.82) is 0 Å². The molecule has 0 spiro atoms. The molecule has 1 fully saturated rings. The lowest BCUT2D eigenvalue weighted by Crippen LogP contribution is -2.13. The van der Waals surface area contributed by atoms with Crippen molar-refractivity contribution < 1.29 is 5.11 Å². The number of aliphatic hydroxyl groups is 1. The van der Waals surface area contributed by atoms with E-state index in [-0.39, 0.29) is 0 Å². The molecule has 1 nitrogen and oxygen atoms in total. The molecule has 1 aliphatic carbocycles. The maximum absolute atomic E-state index is 9.93. The zero-order valence-corrected chi connectivity index (χ0v) is 9.21. The minimum atomic E-state index is -0.416. The molecular formula is C11H13BrO. The van der Waals surface area contributed by atoms with Gasteiger partial charge in [-0.15, -0.1) is 0 Å². The van der Waals surface area contributed by atoms with Gasteiger partial charge in [0.2, 0.25) is 0 Å². The van der Waals surface area contributed by atoms with E-state index in [0.29, 0.717) is 5.92 Å². The molecule has 0 bridgehead atoms. The number of rotatable bonds is 2. The van der Waals surface area contributed by atoms with Gasteiger partial charge in [-0.2, -0.15) is 0 Å². The van der Waals surface area contributed by atoms with Gasteiger partial charge in [0.15, 0.2) is 0 Å². The maximum atomic E-state index is 9.93. The Bertz CT molecular complexity index is 324. The third kappa shape index (κ3) is 1.94. The average molecular weight is 241 g/mol. The second kappa shape index (κ2) is 3.10. The Kier molecular flexibility index (Phi) is 2.20. The van der Waals surface area contributed by atoms with Crippen molar-refractivity contribution in [2.45, 2.75) is 25.4 Å². The Labute approximate surface area is 86.9 Å². The fourth-order valence-electron chi connectivity index (χ4n) is 1.72. The summed E-state index contributed by atoms with van der Waals surface area (Å²) in [5.41, 5.74) is 0.794. The predicted molar refractivity (Wildman–Crippen MR) is 56.6 cm³/mol. The van der Waals surface area contributed by atoms with Gasteiger partial charge in [0.05, 0.1) is 5.60 Å². The number of halogens is 1. The van der Waals surface area contributed by atoms with Gasteiger partial charge in [-0.05, 0) is 30.0 Å². The summed E-state index contributed by atoms with van der Waals surface area (Å²) in [6, 6.07) is 8.15. The molecule has 0 amide bonds. The van der Waals surface area contributed by atoms with Gasteiger partial charge in [0, 0.05) is 10.9 Å². The van der Waals surface area contributed by atoms with Crippen molar-refractivity contribution in [3.8, 4) is 0 Å². The Morgan fingerprint density at radius 2 is 2.31 bits per heavy atom. The first-order chi connectivity index (χ1) is 6.10. The topological polar surface area (TPSA) is 20.2 Å². The molecule has 0 heterocycles. The molecule has 70 valence electrons. The van der Waals surface area contributed by atoms with Crippen LogP contribution in [0, 0.1) is 5.92 Å². The van der Waals surface area contributed by atoms with E-state index >= 15 is 0 Å². The van der Waals surface area contributed by atoms with Crippen molar-refractivity contribution in [1.82, 2.24) is 0 Å². The minimum absolute atomic E-state index is 0.416. The zero-order valence-electron chi connectivity index (χ0n) is 7.63. The van der Waals surface area contributed by atoms with Crippen LogP contribution in [0.15, 0.2) is 28.7 Å². The fourth-order valence-corrected chi connectivity index (χ4v) is 2.16. The van der Waals surface area contributed by atoms with E-state index in [1.54, 1.807) is 0 Å². The first-order valence-corrected chi connectivity index (χ1v) is 5.36. The predicted octanol–water partition coefficient (Wildman–Crippen LogP) is 2.76. The standard InChI is InChI=1S/C11H13BrO/c1-8-6-11(8,13)7-9-3-2-4-10(12)5-9/h2-5,8,13H,6-7H2,1H3. The second-order valence-corrected chi connectivity index (χ2v) is 4.93. The van der Waals surface area contributed by atoms with Crippen molar-refractivity contribution in [3.05, 3.63) is 34.3 Å². The van der Waals surface area contributed by atoms with Gasteiger partial charge in [-0.1, -0.05) is 35.0 Å². The Hall–Kier alpha value is -0.340. The summed E-state index contributed by atoms with van der Waals surface area (Å²) >= 11 is 3.42. The van der Waals surface area contributed by atoms with Crippen LogP contribution in [0.1, 0.15) is 18.9 Å². The lowest BCUT2D eigenvalue weighted by atomic mass is 10.1. The van der Waals surface area contributed by atoms with Crippen LogP contribution in [0.2, 0.25) is 0 Å². The summed E-state index contributed by atoms with van der Waals surface area (Å²) in [5, 5.41) is 9.93. The minimum Gasteiger partial charge on any atom is -0.389 e. The fraction of sp³-hybridized carbons (Fsp3) is 0.455. The van der Waals surface area contributed by atoms with E-state index in [2.05, 4.69) is 35.0 Å². The molecule has 1 aromatic carbocycles. The SMILES string of the molecule is CC1CC1(O)Cc1cccc(Br)c1. The lowest BCUT2D eigenvalue weighted by Gasteiger charge is -2.08. The van der Waals surface area contributed by atoms with Crippen LogP contribution in [0.25, 0.3) is 0 Å². The molecule has 0 saturated heterocycles. The summed E-state index contributed by atoms with van der Waals surface area (Å²) in [4.78, 5) is 0. The first kappa shape index (κ1) is 9.22. The van der Waals surface area contributed by atoms with E-state index in [9.17, 15) is 5.11 Å². The first-order valence-electron chi connectivity index (χ1n) is 4.57. The Balaban J connectivity index is 2.10. The number of hydrogen-bond acceptors (Lipinski definition) is 1. The van der Waals surface area contributed by atoms with Crippen LogP contribution >= 0.6 is 15.9 Å². The monoisotopic (exact) mass is 240 g/mol. The summed E-state index contributed by atoms with van der Waals surface area (Å²) in [5.74, 6) is 0.464. The molecule has 2 heteroatoms. The molecule has 0 aliphatic heterocycles. The summed E-state index contributed by atoms with van der Waals surface area (Å²) < 4.78 is 1.09. The number of benzene rings is 1. The quantitative estimate of drug-likeness (QED) is 0.844. The third-order valence-electron chi connectivity index (χ3n) is 2.82. The van der Waals surface area contributed by atoms with E-state index in [1.165, 1.54) is 5.56 Å². The molecule has 0 aromatic heterocycles. The molecule has 2 rings (SSSR count). The van der Waals surface area contributed by atoms with Crippen molar-refractivity contribution in [2.24, 2.45) is 5.92 Å². The van der Waals surface area contributed by atoms with E-state index < -0.39 is 5.60 Å². The molecule has 2 atom stereocenters. The van der Waals surface area contributed by atoms with Crippen LogP contribution in [0.4, 0.5) is 0 Å². The Morgan fingerprint density at radius 1 is 1.62 bits per heavy atom. The van der Waals surface area contributed by atoms with Gasteiger partial charge in [-0.25, -0.2) is 0 Å². The largest absolute Gasteiger partial charge is 0.389 e. The van der Waals surface area contributed by atoms with E-state index in [0.717, 1.165) is 17.3 Å². The van der Waals surface area contributed by atoms with Gasteiger partial charge in [0.25, 0.3) is 0 Å². The highest BCUT2D eigenvalue weighted by atomic mass is 79.9. The van der Waals surface area contributed by atoms with E-state index in [4.69, 9.17) is 0 Å². The molecule has 1 N–H and O–H groups in total. The van der Waals surface area contributed by atoms with Crippen LogP contribution in [0.3, 0.4) is 0 Å². The highest BCUT2D eigenvalue weighted by Gasteiger charge is 2.49. The Morgan fingerprint density at radius 3 is 2.85 bits per heavy atom. The maximum Gasteiger partial charge on any atom is 0.0718 e. The van der Waals surface area contributed by atoms with Crippen LogP contribution < -0.4 is 0 Å². The summed E-state index contributed by atoms with van der Waals surface area (Å²) in [6.07, 6.45) is 1.73. The summed E-state index contributed by atoms with van der Waals surface area (Å²) in [6.45, 7) is 2.10. The molecule has 1 aliphatic rings. The van der Waals surface area contributed by atoms with Crippen molar-refractivity contribution in [2.75, 3.05) is 0 Å². The molecular weight excluding hydrogens is 228 g/mol. The van der Waals surface area contributed by atoms with Gasteiger partial charge in [-0.3, -0.25) is 0 Å².